The van der Waals surface area contributed by atoms with Crippen LogP contribution in [0.15, 0.2) is 34.8 Å². The van der Waals surface area contributed by atoms with Crippen molar-refractivity contribution >= 4 is 33.8 Å². The molecule has 0 fully saturated rings. The molecule has 0 heterocycles. The fourth-order valence-electron chi connectivity index (χ4n) is 2.07. The number of methoxy groups -OCH3 is 1. The topological polar surface area (TPSA) is 64.6 Å². The monoisotopic (exact) mass is 391 g/mol. The summed E-state index contributed by atoms with van der Waals surface area (Å²) >= 11 is 3.27. The Labute approximate surface area is 149 Å². The first-order valence-electron chi connectivity index (χ1n) is 7.27. The Balaban J connectivity index is 2.05. The van der Waals surface area contributed by atoms with Crippen LogP contribution in [0, 0.1) is 13.8 Å². The average molecular weight is 392 g/mol. The van der Waals surface area contributed by atoms with Gasteiger partial charge in [0.25, 0.3) is 5.91 Å². The normalized spacial score (nSPS) is 10.2. The van der Waals surface area contributed by atoms with Gasteiger partial charge < -0.3 is 14.8 Å². The Hall–Kier alpha value is -2.34. The average Bonchev–Trinajstić information content (AvgIpc) is 2.56. The Morgan fingerprint density at radius 3 is 2.54 bits per heavy atom. The number of anilines is 1. The van der Waals surface area contributed by atoms with Crippen LogP contribution in [0.1, 0.15) is 21.5 Å². The van der Waals surface area contributed by atoms with Crippen molar-refractivity contribution in [2.24, 2.45) is 0 Å². The summed E-state index contributed by atoms with van der Waals surface area (Å²) in [5.74, 6) is 0.473. The number of halogens is 1. The summed E-state index contributed by atoms with van der Waals surface area (Å²) in [7, 11) is 1.49. The van der Waals surface area contributed by atoms with Gasteiger partial charge in [-0.1, -0.05) is 6.07 Å². The van der Waals surface area contributed by atoms with E-state index in [2.05, 4.69) is 21.2 Å². The number of aryl methyl sites for hydroxylation is 2. The summed E-state index contributed by atoms with van der Waals surface area (Å²) in [5, 5.41) is 2.77. The van der Waals surface area contributed by atoms with E-state index in [4.69, 9.17) is 9.47 Å². The van der Waals surface area contributed by atoms with E-state index in [-0.39, 0.29) is 12.5 Å². The predicted molar refractivity (Wildman–Crippen MR) is 96.1 cm³/mol. The van der Waals surface area contributed by atoms with Crippen LogP contribution in [0.5, 0.6) is 11.5 Å². The Bertz CT molecular complexity index is 774. The Morgan fingerprint density at radius 2 is 1.92 bits per heavy atom. The van der Waals surface area contributed by atoms with Crippen molar-refractivity contribution in [3.05, 3.63) is 51.5 Å². The van der Waals surface area contributed by atoms with E-state index < -0.39 is 0 Å². The lowest BCUT2D eigenvalue weighted by atomic mass is 10.1. The standard InChI is InChI=1S/C18H18BrNO4/c1-11-4-5-14(6-12(11)2)20-18(22)10-24-17-7-13(9-21)15(19)8-16(17)23-3/h4-9H,10H2,1-3H3,(H,20,22). The van der Waals surface area contributed by atoms with Crippen molar-refractivity contribution in [1.82, 2.24) is 0 Å². The molecule has 0 unspecified atom stereocenters. The molecule has 5 nitrogen and oxygen atoms in total. The van der Waals surface area contributed by atoms with Gasteiger partial charge in [0.1, 0.15) is 0 Å². The maximum Gasteiger partial charge on any atom is 0.262 e. The van der Waals surface area contributed by atoms with Gasteiger partial charge in [0, 0.05) is 15.7 Å². The second kappa shape index (κ2) is 7.97. The van der Waals surface area contributed by atoms with E-state index >= 15 is 0 Å². The van der Waals surface area contributed by atoms with E-state index in [0.717, 1.165) is 11.1 Å². The quantitative estimate of drug-likeness (QED) is 0.758. The Kier molecular flexibility index (Phi) is 5.98. The number of hydrogen-bond acceptors (Lipinski definition) is 4. The molecule has 6 heteroatoms. The van der Waals surface area contributed by atoms with E-state index in [1.807, 2.05) is 32.0 Å². The van der Waals surface area contributed by atoms with E-state index in [1.54, 1.807) is 6.07 Å². The molecule has 1 amide bonds. The molecule has 0 bridgehead atoms. The smallest absolute Gasteiger partial charge is 0.262 e. The molecule has 126 valence electrons. The minimum atomic E-state index is -0.295. The number of rotatable bonds is 6. The predicted octanol–water partition coefficient (Wildman–Crippen LogP) is 3.90. The van der Waals surface area contributed by atoms with Gasteiger partial charge in [0.05, 0.1) is 7.11 Å². The van der Waals surface area contributed by atoms with Crippen LogP contribution in [0.2, 0.25) is 0 Å². The molecule has 2 aromatic carbocycles. The van der Waals surface area contributed by atoms with Crippen molar-refractivity contribution in [3.63, 3.8) is 0 Å². The van der Waals surface area contributed by atoms with Crippen molar-refractivity contribution in [2.45, 2.75) is 13.8 Å². The van der Waals surface area contributed by atoms with Crippen LogP contribution in [0.3, 0.4) is 0 Å². The molecule has 0 aliphatic rings. The van der Waals surface area contributed by atoms with E-state index in [0.29, 0.717) is 33.5 Å². The molecule has 0 aliphatic carbocycles. The van der Waals surface area contributed by atoms with Gasteiger partial charge in [-0.05, 0) is 65.2 Å². The molecule has 24 heavy (non-hydrogen) atoms. The molecule has 0 saturated heterocycles. The number of carbonyl (C=O) groups is 2. The van der Waals surface area contributed by atoms with Crippen molar-refractivity contribution in [1.29, 1.82) is 0 Å². The molecule has 0 spiro atoms. The van der Waals surface area contributed by atoms with Crippen LogP contribution in [0.4, 0.5) is 5.69 Å². The number of nitrogens with one attached hydrogen (secondary N) is 1. The highest BCUT2D eigenvalue weighted by Gasteiger charge is 2.12. The minimum Gasteiger partial charge on any atom is -0.493 e. The zero-order valence-corrected chi connectivity index (χ0v) is 15.3. The number of amides is 1. The van der Waals surface area contributed by atoms with Crippen LogP contribution < -0.4 is 14.8 Å². The van der Waals surface area contributed by atoms with Gasteiger partial charge in [-0.25, -0.2) is 0 Å². The molecule has 0 saturated carbocycles. The zero-order chi connectivity index (χ0) is 17.7. The highest BCUT2D eigenvalue weighted by atomic mass is 79.9. The highest BCUT2D eigenvalue weighted by Crippen LogP contribution is 2.32. The Morgan fingerprint density at radius 1 is 1.17 bits per heavy atom. The summed E-state index contributed by atoms with van der Waals surface area (Å²) in [4.78, 5) is 23.1. The first-order chi connectivity index (χ1) is 11.4. The number of benzene rings is 2. The van der Waals surface area contributed by atoms with Gasteiger partial charge >= 0.3 is 0 Å². The lowest BCUT2D eigenvalue weighted by Gasteiger charge is -2.12. The summed E-state index contributed by atoms with van der Waals surface area (Å²) in [6.45, 7) is 3.80. The maximum absolute atomic E-state index is 12.0. The first kappa shape index (κ1) is 18.0. The van der Waals surface area contributed by atoms with Crippen molar-refractivity contribution < 1.29 is 19.1 Å². The zero-order valence-electron chi connectivity index (χ0n) is 13.7. The molecule has 0 radical (unpaired) electrons. The third-order valence-electron chi connectivity index (χ3n) is 3.56. The molecular weight excluding hydrogens is 374 g/mol. The van der Waals surface area contributed by atoms with Gasteiger partial charge in [0.15, 0.2) is 24.4 Å². The van der Waals surface area contributed by atoms with E-state index in [9.17, 15) is 9.59 Å². The molecular formula is C18H18BrNO4. The van der Waals surface area contributed by atoms with Crippen LogP contribution in [-0.4, -0.2) is 25.9 Å². The maximum atomic E-state index is 12.0. The fourth-order valence-corrected chi connectivity index (χ4v) is 2.49. The fraction of sp³-hybridized carbons (Fsp3) is 0.222. The first-order valence-corrected chi connectivity index (χ1v) is 8.06. The second-order valence-corrected chi connectivity index (χ2v) is 6.13. The lowest BCUT2D eigenvalue weighted by Crippen LogP contribution is -2.20. The third-order valence-corrected chi connectivity index (χ3v) is 4.25. The molecule has 2 aromatic rings. The van der Waals surface area contributed by atoms with Gasteiger partial charge in [-0.3, -0.25) is 9.59 Å². The van der Waals surface area contributed by atoms with Gasteiger partial charge in [-0.2, -0.15) is 0 Å². The van der Waals surface area contributed by atoms with Crippen LogP contribution in [0.25, 0.3) is 0 Å². The van der Waals surface area contributed by atoms with Gasteiger partial charge in [0.2, 0.25) is 0 Å². The number of aldehydes is 1. The number of ether oxygens (including phenoxy) is 2. The molecule has 1 N–H and O–H groups in total. The minimum absolute atomic E-state index is 0.191. The second-order valence-electron chi connectivity index (χ2n) is 5.28. The molecule has 0 aliphatic heterocycles. The van der Waals surface area contributed by atoms with E-state index in [1.165, 1.54) is 13.2 Å². The summed E-state index contributed by atoms with van der Waals surface area (Å²) in [6, 6.07) is 8.84. The number of carbonyl (C=O) groups excluding carboxylic acids is 2. The van der Waals surface area contributed by atoms with Crippen molar-refractivity contribution in [2.75, 3.05) is 19.0 Å². The third kappa shape index (κ3) is 4.35. The number of hydrogen-bond donors (Lipinski definition) is 1. The SMILES string of the molecule is COc1cc(Br)c(C=O)cc1OCC(=O)Nc1ccc(C)c(C)c1. The highest BCUT2D eigenvalue weighted by molar-refractivity contribution is 9.10. The van der Waals surface area contributed by atoms with Crippen LogP contribution >= 0.6 is 15.9 Å². The van der Waals surface area contributed by atoms with Crippen molar-refractivity contribution in [3.8, 4) is 11.5 Å². The summed E-state index contributed by atoms with van der Waals surface area (Å²) in [5.41, 5.74) is 3.38. The van der Waals surface area contributed by atoms with Crippen LogP contribution in [-0.2, 0) is 4.79 Å². The largest absolute Gasteiger partial charge is 0.493 e. The summed E-state index contributed by atoms with van der Waals surface area (Å²) in [6.07, 6.45) is 0.700. The molecule has 2 rings (SSSR count). The summed E-state index contributed by atoms with van der Waals surface area (Å²) < 4.78 is 11.3. The molecule has 0 atom stereocenters. The molecule has 0 aromatic heterocycles. The lowest BCUT2D eigenvalue weighted by molar-refractivity contribution is -0.118. The van der Waals surface area contributed by atoms with Gasteiger partial charge in [-0.15, -0.1) is 0 Å².